The zero-order valence-electron chi connectivity index (χ0n) is 9.85. The molecule has 0 aromatic rings. The van der Waals surface area contributed by atoms with Crippen LogP contribution in [0.4, 0.5) is 0 Å². The molecule has 0 radical (unpaired) electrons. The van der Waals surface area contributed by atoms with Gasteiger partial charge in [-0.05, 0) is 20.8 Å². The van der Waals surface area contributed by atoms with Crippen molar-refractivity contribution in [2.24, 2.45) is 5.73 Å². The summed E-state index contributed by atoms with van der Waals surface area (Å²) in [5.41, 5.74) is 4.06. The zero-order chi connectivity index (χ0) is 13.9. The van der Waals surface area contributed by atoms with Crippen molar-refractivity contribution in [3.8, 4) is 0 Å². The Morgan fingerprint density at radius 3 is 2.12 bits per heavy atom. The van der Waals surface area contributed by atoms with Gasteiger partial charge >= 0.3 is 5.97 Å². The second-order valence-electron chi connectivity index (χ2n) is 4.53. The van der Waals surface area contributed by atoms with E-state index in [1.54, 1.807) is 20.8 Å². The van der Waals surface area contributed by atoms with Crippen LogP contribution >= 0.6 is 0 Å². The van der Waals surface area contributed by atoms with E-state index in [1.165, 1.54) is 0 Å². The third-order valence-electron chi connectivity index (χ3n) is 1.44. The van der Waals surface area contributed by atoms with Crippen molar-refractivity contribution in [3.05, 3.63) is 0 Å². The van der Waals surface area contributed by atoms with E-state index >= 15 is 0 Å². The van der Waals surface area contributed by atoms with Crippen LogP contribution in [0.25, 0.3) is 0 Å². The van der Waals surface area contributed by atoms with Gasteiger partial charge in [0.05, 0.1) is 6.42 Å². The Balaban J connectivity index is 4.76. The SMILES string of the molecule is CC(C)(C)NS(=O)(=O)N[C@@H](CC(N)=O)C(=O)O. The van der Waals surface area contributed by atoms with Gasteiger partial charge in [0.15, 0.2) is 0 Å². The molecule has 0 aromatic carbocycles. The first-order valence-corrected chi connectivity index (χ1v) is 6.23. The Morgan fingerprint density at radius 1 is 1.35 bits per heavy atom. The van der Waals surface area contributed by atoms with Crippen LogP contribution in [0, 0.1) is 0 Å². The highest BCUT2D eigenvalue weighted by Crippen LogP contribution is 2.02. The predicted molar refractivity (Wildman–Crippen MR) is 60.2 cm³/mol. The number of aliphatic carboxylic acids is 1. The van der Waals surface area contributed by atoms with E-state index in [9.17, 15) is 18.0 Å². The number of nitrogens with one attached hydrogen (secondary N) is 2. The smallest absolute Gasteiger partial charge is 0.322 e. The average molecular weight is 267 g/mol. The molecule has 0 bridgehead atoms. The van der Waals surface area contributed by atoms with E-state index in [0.29, 0.717) is 0 Å². The molecule has 0 rings (SSSR count). The summed E-state index contributed by atoms with van der Waals surface area (Å²) in [6.45, 7) is 4.78. The van der Waals surface area contributed by atoms with E-state index in [1.807, 2.05) is 4.72 Å². The minimum absolute atomic E-state index is 0.611. The van der Waals surface area contributed by atoms with Crippen LogP contribution in [0.2, 0.25) is 0 Å². The fourth-order valence-electron chi connectivity index (χ4n) is 1.00. The molecule has 0 fully saturated rings. The molecule has 5 N–H and O–H groups in total. The fraction of sp³-hybridized carbons (Fsp3) is 0.750. The van der Waals surface area contributed by atoms with E-state index in [2.05, 4.69) is 4.72 Å². The molecule has 1 atom stereocenters. The minimum atomic E-state index is -4.02. The number of carboxylic acids is 1. The highest BCUT2D eigenvalue weighted by Gasteiger charge is 2.28. The minimum Gasteiger partial charge on any atom is -0.480 e. The molecule has 0 saturated heterocycles. The number of carboxylic acid groups (broad SMARTS) is 1. The van der Waals surface area contributed by atoms with Crippen molar-refractivity contribution in [2.75, 3.05) is 0 Å². The van der Waals surface area contributed by atoms with Crippen LogP contribution in [0.1, 0.15) is 27.2 Å². The quantitative estimate of drug-likeness (QED) is 0.465. The maximum Gasteiger partial charge on any atom is 0.322 e. The monoisotopic (exact) mass is 267 g/mol. The normalized spacial score (nSPS) is 14.3. The Labute approximate surface area is 99.7 Å². The molecule has 1 amide bonds. The standard InChI is InChI=1S/C8H17N3O5S/c1-8(2,3)11-17(15,16)10-5(7(13)14)4-6(9)12/h5,10-11H,4H2,1-3H3,(H2,9,12)(H,13,14)/t5-/m0/s1. The second-order valence-corrected chi connectivity index (χ2v) is 5.98. The third-order valence-corrected chi connectivity index (χ3v) is 2.92. The Hall–Kier alpha value is -1.19. The van der Waals surface area contributed by atoms with Crippen LogP contribution < -0.4 is 15.2 Å². The van der Waals surface area contributed by atoms with Crippen molar-refractivity contribution in [1.29, 1.82) is 0 Å². The number of hydrogen-bond acceptors (Lipinski definition) is 4. The lowest BCUT2D eigenvalue weighted by atomic mass is 10.1. The number of carbonyl (C=O) groups is 2. The lowest BCUT2D eigenvalue weighted by Crippen LogP contribution is -2.52. The maximum absolute atomic E-state index is 11.5. The zero-order valence-corrected chi connectivity index (χ0v) is 10.7. The summed E-state index contributed by atoms with van der Waals surface area (Å²) >= 11 is 0. The summed E-state index contributed by atoms with van der Waals surface area (Å²) < 4.78 is 27.1. The van der Waals surface area contributed by atoms with Gasteiger partial charge in [-0.15, -0.1) is 0 Å². The van der Waals surface area contributed by atoms with Crippen molar-refractivity contribution in [3.63, 3.8) is 0 Å². The summed E-state index contributed by atoms with van der Waals surface area (Å²) in [6, 6.07) is -1.58. The third kappa shape index (κ3) is 7.66. The van der Waals surface area contributed by atoms with E-state index in [0.717, 1.165) is 0 Å². The van der Waals surface area contributed by atoms with Crippen LogP contribution in [-0.2, 0) is 19.8 Å². The van der Waals surface area contributed by atoms with Crippen LogP contribution in [0.15, 0.2) is 0 Å². The van der Waals surface area contributed by atoms with Gasteiger partial charge in [0.1, 0.15) is 6.04 Å². The number of rotatable bonds is 6. The molecule has 8 nitrogen and oxygen atoms in total. The van der Waals surface area contributed by atoms with Crippen molar-refractivity contribution < 1.29 is 23.1 Å². The van der Waals surface area contributed by atoms with Gasteiger partial charge in [0.25, 0.3) is 10.2 Å². The molecule has 0 saturated carbocycles. The van der Waals surface area contributed by atoms with Gasteiger partial charge < -0.3 is 10.8 Å². The summed E-state index contributed by atoms with van der Waals surface area (Å²) in [5.74, 6) is -2.38. The number of nitrogens with two attached hydrogens (primary N) is 1. The van der Waals surface area contributed by atoms with E-state index in [4.69, 9.17) is 10.8 Å². The summed E-state index contributed by atoms with van der Waals surface area (Å²) in [7, 11) is -4.02. The van der Waals surface area contributed by atoms with Crippen molar-refractivity contribution in [2.45, 2.75) is 38.8 Å². The van der Waals surface area contributed by atoms with Crippen LogP contribution in [-0.4, -0.2) is 37.0 Å². The Morgan fingerprint density at radius 2 is 1.82 bits per heavy atom. The summed E-state index contributed by atoms with van der Waals surface area (Å²) in [5, 5.41) is 8.72. The van der Waals surface area contributed by atoms with Crippen LogP contribution in [0.5, 0.6) is 0 Å². The van der Waals surface area contributed by atoms with Gasteiger partial charge in [-0.1, -0.05) is 0 Å². The average Bonchev–Trinajstić information content (AvgIpc) is 1.95. The molecule has 0 aliphatic rings. The molecular weight excluding hydrogens is 250 g/mol. The van der Waals surface area contributed by atoms with Crippen LogP contribution in [0.3, 0.4) is 0 Å². The lowest BCUT2D eigenvalue weighted by Gasteiger charge is -2.22. The predicted octanol–water partition coefficient (Wildman–Crippen LogP) is -1.46. The molecule has 0 unspecified atom stereocenters. The van der Waals surface area contributed by atoms with E-state index < -0.39 is 40.1 Å². The number of hydrogen-bond donors (Lipinski definition) is 4. The molecule has 0 spiro atoms. The molecule has 9 heteroatoms. The number of primary amides is 1. The first kappa shape index (κ1) is 15.8. The van der Waals surface area contributed by atoms with Gasteiger partial charge in [-0.3, -0.25) is 9.59 Å². The molecule has 0 aliphatic carbocycles. The van der Waals surface area contributed by atoms with Gasteiger partial charge in [-0.25, -0.2) is 0 Å². The summed E-state index contributed by atoms with van der Waals surface area (Å²) in [4.78, 5) is 21.3. The van der Waals surface area contributed by atoms with Gasteiger partial charge in [0, 0.05) is 5.54 Å². The highest BCUT2D eigenvalue weighted by atomic mass is 32.2. The molecular formula is C8H17N3O5S. The summed E-state index contributed by atoms with van der Waals surface area (Å²) in [6.07, 6.45) is -0.611. The first-order valence-electron chi connectivity index (χ1n) is 4.75. The van der Waals surface area contributed by atoms with Crippen molar-refractivity contribution >= 4 is 22.1 Å². The topological polar surface area (TPSA) is 139 Å². The Bertz CT molecular complexity index is 398. The fourth-order valence-corrected chi connectivity index (χ4v) is 2.42. The maximum atomic E-state index is 11.5. The largest absolute Gasteiger partial charge is 0.480 e. The van der Waals surface area contributed by atoms with Gasteiger partial charge in [0.2, 0.25) is 5.91 Å². The second kappa shape index (κ2) is 5.43. The lowest BCUT2D eigenvalue weighted by molar-refractivity contribution is -0.140. The first-order chi connectivity index (χ1) is 7.43. The van der Waals surface area contributed by atoms with E-state index in [-0.39, 0.29) is 0 Å². The Kier molecular flexibility index (Phi) is 5.05. The molecule has 0 aromatic heterocycles. The highest BCUT2D eigenvalue weighted by molar-refractivity contribution is 7.87. The number of amides is 1. The molecule has 0 heterocycles. The molecule has 100 valence electrons. The van der Waals surface area contributed by atoms with Gasteiger partial charge in [-0.2, -0.15) is 17.9 Å². The number of carbonyl (C=O) groups excluding carboxylic acids is 1. The molecule has 17 heavy (non-hydrogen) atoms. The molecule has 0 aliphatic heterocycles. The van der Waals surface area contributed by atoms with Crippen molar-refractivity contribution in [1.82, 2.24) is 9.44 Å².